The van der Waals surface area contributed by atoms with Crippen LogP contribution in [0.1, 0.15) is 43.1 Å². The first-order valence-electron chi connectivity index (χ1n) is 8.86. The lowest BCUT2D eigenvalue weighted by molar-refractivity contribution is -0.169. The van der Waals surface area contributed by atoms with Crippen molar-refractivity contribution in [3.8, 4) is 11.3 Å². The maximum absolute atomic E-state index is 13.0. The van der Waals surface area contributed by atoms with Gasteiger partial charge >= 0.3 is 0 Å². The third-order valence-electron chi connectivity index (χ3n) is 5.71. The van der Waals surface area contributed by atoms with E-state index in [0.717, 1.165) is 24.8 Å². The summed E-state index contributed by atoms with van der Waals surface area (Å²) in [4.78, 5) is 12.6. The van der Waals surface area contributed by atoms with Gasteiger partial charge in [-0.15, -0.1) is 0 Å². The van der Waals surface area contributed by atoms with Crippen molar-refractivity contribution in [3.63, 3.8) is 0 Å². The van der Waals surface area contributed by atoms with Crippen LogP contribution >= 0.6 is 0 Å². The fourth-order valence-electron chi connectivity index (χ4n) is 4.08. The Morgan fingerprint density at radius 2 is 2.16 bits per heavy atom. The second-order valence-corrected chi connectivity index (χ2v) is 6.97. The highest BCUT2D eigenvalue weighted by molar-refractivity contribution is 5.93. The maximum Gasteiger partial charge on any atom is 0.269 e. The molecule has 1 heterocycles. The van der Waals surface area contributed by atoms with Gasteiger partial charge in [0.15, 0.2) is 0 Å². The van der Waals surface area contributed by atoms with Crippen LogP contribution in [-0.4, -0.2) is 34.9 Å². The quantitative estimate of drug-likeness (QED) is 0.875. The predicted octanol–water partition coefficient (Wildman–Crippen LogP) is 3.29. The van der Waals surface area contributed by atoms with Gasteiger partial charge in [-0.2, -0.15) is 5.10 Å². The van der Waals surface area contributed by atoms with E-state index < -0.39 is 0 Å². The number of nitrogens with zero attached hydrogens (tertiary/aromatic N) is 1. The Morgan fingerprint density at radius 3 is 2.80 bits per heavy atom. The molecular weight excluding hydrogens is 321 g/mol. The molecule has 2 fully saturated rings. The van der Waals surface area contributed by atoms with Crippen molar-refractivity contribution in [1.29, 1.82) is 0 Å². The summed E-state index contributed by atoms with van der Waals surface area (Å²) in [5.74, 6) is -0.441. The number of aromatic amines is 1. The van der Waals surface area contributed by atoms with E-state index in [9.17, 15) is 9.18 Å². The summed E-state index contributed by atoms with van der Waals surface area (Å²) in [7, 11) is 0. The van der Waals surface area contributed by atoms with Crippen molar-refractivity contribution in [1.82, 2.24) is 15.5 Å². The average Bonchev–Trinajstić information content (AvgIpc) is 3.03. The number of carbonyl (C=O) groups is 1. The van der Waals surface area contributed by atoms with Crippen LogP contribution in [0, 0.1) is 11.2 Å². The van der Waals surface area contributed by atoms with Gasteiger partial charge in [-0.1, -0.05) is 6.42 Å². The molecule has 2 aliphatic carbocycles. The van der Waals surface area contributed by atoms with Gasteiger partial charge in [0.2, 0.25) is 0 Å². The Labute approximate surface area is 146 Å². The molecule has 0 unspecified atom stereocenters. The summed E-state index contributed by atoms with van der Waals surface area (Å²) in [5, 5.41) is 10.1. The van der Waals surface area contributed by atoms with E-state index in [0.29, 0.717) is 18.0 Å². The van der Waals surface area contributed by atoms with Gasteiger partial charge in [0.05, 0.1) is 11.8 Å². The largest absolute Gasteiger partial charge is 0.378 e. The lowest BCUT2D eigenvalue weighted by Crippen LogP contribution is -2.67. The topological polar surface area (TPSA) is 67.0 Å². The van der Waals surface area contributed by atoms with Gasteiger partial charge in [-0.05, 0) is 56.5 Å². The van der Waals surface area contributed by atoms with Gasteiger partial charge < -0.3 is 10.1 Å². The molecule has 2 aliphatic rings. The van der Waals surface area contributed by atoms with Crippen molar-refractivity contribution in [2.45, 2.75) is 44.8 Å². The molecule has 1 aromatic carbocycles. The van der Waals surface area contributed by atoms with Crippen LogP contribution in [0.5, 0.6) is 0 Å². The molecule has 5 nitrogen and oxygen atoms in total. The molecule has 1 aromatic heterocycles. The highest BCUT2D eigenvalue weighted by Gasteiger charge is 2.59. The zero-order chi connectivity index (χ0) is 17.4. The molecule has 2 atom stereocenters. The van der Waals surface area contributed by atoms with Crippen LogP contribution in [0.15, 0.2) is 30.3 Å². The highest BCUT2D eigenvalue weighted by atomic mass is 19.1. The van der Waals surface area contributed by atoms with E-state index in [1.807, 2.05) is 6.92 Å². The monoisotopic (exact) mass is 343 g/mol. The van der Waals surface area contributed by atoms with Crippen LogP contribution in [0.4, 0.5) is 4.39 Å². The standard InChI is InChI=1S/C19H22FN3O2/c1-2-25-17-11-16(19(17)8-3-9-19)21-18(24)15-10-14(22-23-15)12-4-6-13(20)7-5-12/h4-7,10,16-17H,2-3,8-9,11H2,1H3,(H,21,24)(H,22,23)/t16-,17-/m1/s1. The highest BCUT2D eigenvalue weighted by Crippen LogP contribution is 2.57. The van der Waals surface area contributed by atoms with Crippen molar-refractivity contribution in [3.05, 3.63) is 41.8 Å². The minimum Gasteiger partial charge on any atom is -0.378 e. The second-order valence-electron chi connectivity index (χ2n) is 6.97. The van der Waals surface area contributed by atoms with Gasteiger partial charge in [-0.25, -0.2) is 4.39 Å². The van der Waals surface area contributed by atoms with Crippen LogP contribution in [0.3, 0.4) is 0 Å². The van der Waals surface area contributed by atoms with Gasteiger partial charge in [0.25, 0.3) is 5.91 Å². The van der Waals surface area contributed by atoms with Gasteiger partial charge in [-0.3, -0.25) is 9.89 Å². The van der Waals surface area contributed by atoms with Crippen molar-refractivity contribution < 1.29 is 13.9 Å². The summed E-state index contributed by atoms with van der Waals surface area (Å²) in [6.07, 6.45) is 4.58. The Kier molecular flexibility index (Phi) is 4.07. The number of benzene rings is 1. The molecule has 0 saturated heterocycles. The summed E-state index contributed by atoms with van der Waals surface area (Å²) in [5.41, 5.74) is 1.95. The lowest BCUT2D eigenvalue weighted by Gasteiger charge is -2.60. The number of hydrogen-bond donors (Lipinski definition) is 2. The summed E-state index contributed by atoms with van der Waals surface area (Å²) >= 11 is 0. The molecule has 2 saturated carbocycles. The first kappa shape index (κ1) is 16.3. The molecule has 132 valence electrons. The van der Waals surface area contributed by atoms with Gasteiger partial charge in [0, 0.05) is 23.6 Å². The van der Waals surface area contributed by atoms with E-state index in [1.165, 1.54) is 18.6 Å². The number of ether oxygens (including phenoxy) is 1. The van der Waals surface area contributed by atoms with E-state index in [4.69, 9.17) is 4.74 Å². The molecule has 1 spiro atoms. The molecule has 25 heavy (non-hydrogen) atoms. The first-order chi connectivity index (χ1) is 12.1. The van der Waals surface area contributed by atoms with Crippen molar-refractivity contribution >= 4 is 5.91 Å². The summed E-state index contributed by atoms with van der Waals surface area (Å²) in [6, 6.07) is 7.93. The van der Waals surface area contributed by atoms with Crippen molar-refractivity contribution in [2.24, 2.45) is 5.41 Å². The molecule has 4 rings (SSSR count). The normalized spacial score (nSPS) is 23.8. The summed E-state index contributed by atoms with van der Waals surface area (Å²) < 4.78 is 18.8. The molecule has 0 bridgehead atoms. The second kappa shape index (κ2) is 6.26. The molecule has 0 aliphatic heterocycles. The molecule has 6 heteroatoms. The van der Waals surface area contributed by atoms with Gasteiger partial charge in [0.1, 0.15) is 11.5 Å². The average molecular weight is 343 g/mol. The number of hydrogen-bond acceptors (Lipinski definition) is 3. The lowest BCUT2D eigenvalue weighted by atomic mass is 9.51. The van der Waals surface area contributed by atoms with Crippen LogP contribution < -0.4 is 5.32 Å². The van der Waals surface area contributed by atoms with E-state index in [-0.39, 0.29) is 29.3 Å². The van der Waals surface area contributed by atoms with Crippen LogP contribution in [0.2, 0.25) is 0 Å². The minimum atomic E-state index is -0.295. The number of rotatable bonds is 5. The number of halogens is 1. The van der Waals surface area contributed by atoms with Crippen LogP contribution in [-0.2, 0) is 4.74 Å². The zero-order valence-electron chi connectivity index (χ0n) is 14.2. The molecular formula is C19H22FN3O2. The SMILES string of the molecule is CCO[C@@H]1C[C@@H](NC(=O)c2cc(-c3ccc(F)cc3)n[nH]2)C12CCC2. The van der Waals surface area contributed by atoms with Crippen molar-refractivity contribution in [2.75, 3.05) is 6.61 Å². The number of nitrogens with one attached hydrogen (secondary N) is 2. The smallest absolute Gasteiger partial charge is 0.269 e. The number of amides is 1. The number of H-pyrrole nitrogens is 1. The van der Waals surface area contributed by atoms with Crippen LogP contribution in [0.25, 0.3) is 11.3 Å². The predicted molar refractivity (Wildman–Crippen MR) is 91.6 cm³/mol. The van der Waals surface area contributed by atoms with E-state index in [1.54, 1.807) is 18.2 Å². The summed E-state index contributed by atoms with van der Waals surface area (Å²) in [6.45, 7) is 2.73. The van der Waals surface area contributed by atoms with E-state index >= 15 is 0 Å². The number of aromatic nitrogens is 2. The Balaban J connectivity index is 1.43. The fraction of sp³-hybridized carbons (Fsp3) is 0.474. The Hall–Kier alpha value is -2.21. The molecule has 0 radical (unpaired) electrons. The zero-order valence-corrected chi connectivity index (χ0v) is 14.2. The maximum atomic E-state index is 13.0. The Bertz CT molecular complexity index is 767. The van der Waals surface area contributed by atoms with E-state index in [2.05, 4.69) is 15.5 Å². The Morgan fingerprint density at radius 1 is 1.40 bits per heavy atom. The number of carbonyl (C=O) groups excluding carboxylic acids is 1. The third-order valence-corrected chi connectivity index (χ3v) is 5.71. The fourth-order valence-corrected chi connectivity index (χ4v) is 4.08. The first-order valence-corrected chi connectivity index (χ1v) is 8.86. The molecule has 2 aromatic rings. The third kappa shape index (κ3) is 2.74. The molecule has 1 amide bonds. The minimum absolute atomic E-state index is 0.130. The molecule has 2 N–H and O–H groups in total.